The highest BCUT2D eigenvalue weighted by molar-refractivity contribution is 5.66. The summed E-state index contributed by atoms with van der Waals surface area (Å²) in [4.78, 5) is 21.1. The zero-order chi connectivity index (χ0) is 24.6. The van der Waals surface area contributed by atoms with Crippen molar-refractivity contribution in [1.29, 1.82) is 0 Å². The fourth-order valence-electron chi connectivity index (χ4n) is 4.49. The first-order chi connectivity index (χ1) is 17.1. The van der Waals surface area contributed by atoms with Gasteiger partial charge in [0, 0.05) is 50.9 Å². The molecule has 3 heterocycles. The molecular weight excluding hydrogens is 440 g/mol. The van der Waals surface area contributed by atoms with E-state index < -0.39 is 0 Å². The summed E-state index contributed by atoms with van der Waals surface area (Å²) in [6, 6.07) is 10.2. The SMILES string of the molecule is C=N/C(=C(C)\C=C/C)N1CCN(c2cc(-c3cccc(OCC)c3)nc(N3CCOCC3)n2)CC1. The maximum absolute atomic E-state index is 5.73. The molecule has 0 bridgehead atoms. The van der Waals surface area contributed by atoms with Gasteiger partial charge in [0.1, 0.15) is 17.4 Å². The van der Waals surface area contributed by atoms with Crippen LogP contribution in [-0.4, -0.2) is 80.7 Å². The van der Waals surface area contributed by atoms with E-state index in [1.54, 1.807) is 0 Å². The lowest BCUT2D eigenvalue weighted by molar-refractivity contribution is 0.122. The van der Waals surface area contributed by atoms with E-state index in [9.17, 15) is 0 Å². The Labute approximate surface area is 208 Å². The molecule has 2 aliphatic heterocycles. The van der Waals surface area contributed by atoms with Crippen LogP contribution in [0.15, 0.2) is 58.9 Å². The second kappa shape index (κ2) is 11.8. The van der Waals surface area contributed by atoms with Crippen LogP contribution >= 0.6 is 0 Å². The van der Waals surface area contributed by atoms with Crippen molar-refractivity contribution in [2.45, 2.75) is 20.8 Å². The van der Waals surface area contributed by atoms with Gasteiger partial charge >= 0.3 is 0 Å². The van der Waals surface area contributed by atoms with E-state index in [2.05, 4.69) is 51.5 Å². The van der Waals surface area contributed by atoms with Crippen molar-refractivity contribution >= 4 is 18.5 Å². The van der Waals surface area contributed by atoms with Gasteiger partial charge in [-0.15, -0.1) is 0 Å². The normalized spacial score (nSPS) is 17.5. The number of morpholine rings is 1. The number of allylic oxidation sites excluding steroid dienone is 3. The summed E-state index contributed by atoms with van der Waals surface area (Å²) in [6.07, 6.45) is 4.12. The summed E-state index contributed by atoms with van der Waals surface area (Å²) < 4.78 is 11.3. The van der Waals surface area contributed by atoms with Gasteiger partial charge in [0.2, 0.25) is 5.95 Å². The van der Waals surface area contributed by atoms with Gasteiger partial charge in [-0.1, -0.05) is 24.3 Å². The Bertz CT molecular complexity index is 1070. The van der Waals surface area contributed by atoms with Crippen molar-refractivity contribution in [3.05, 3.63) is 53.9 Å². The van der Waals surface area contributed by atoms with E-state index in [4.69, 9.17) is 19.4 Å². The molecule has 0 saturated carbocycles. The van der Waals surface area contributed by atoms with Crippen LogP contribution in [0.3, 0.4) is 0 Å². The van der Waals surface area contributed by atoms with Crippen LogP contribution in [-0.2, 0) is 4.74 Å². The summed E-state index contributed by atoms with van der Waals surface area (Å²) in [5.74, 6) is 3.50. The maximum Gasteiger partial charge on any atom is 0.228 e. The standard InChI is InChI=1S/C27H36N6O2/c1-5-8-21(3)26(28-4)32-13-11-31(12-14-32)25-20-24(22-9-7-10-23(19-22)35-6-2)29-27(30-25)33-15-17-34-18-16-33/h5,7-10,19-20H,4,6,11-18H2,1-3H3/b8-5-,26-21+. The quantitative estimate of drug-likeness (QED) is 0.421. The number of piperazine rings is 1. The maximum atomic E-state index is 5.73. The number of ether oxygens (including phenoxy) is 2. The molecule has 186 valence electrons. The molecule has 4 rings (SSSR count). The number of benzene rings is 1. The summed E-state index contributed by atoms with van der Waals surface area (Å²) in [5.41, 5.74) is 3.05. The number of aliphatic imine (C=N–C) groups is 1. The van der Waals surface area contributed by atoms with E-state index in [0.29, 0.717) is 19.8 Å². The molecule has 1 aromatic carbocycles. The van der Waals surface area contributed by atoms with E-state index in [-0.39, 0.29) is 0 Å². The third-order valence-corrected chi connectivity index (χ3v) is 6.26. The Morgan fingerprint density at radius 2 is 1.86 bits per heavy atom. The molecule has 2 saturated heterocycles. The second-order valence-electron chi connectivity index (χ2n) is 8.61. The van der Waals surface area contributed by atoms with Gasteiger partial charge in [-0.2, -0.15) is 4.98 Å². The molecule has 0 spiro atoms. The van der Waals surface area contributed by atoms with E-state index >= 15 is 0 Å². The molecule has 0 amide bonds. The molecule has 0 atom stereocenters. The van der Waals surface area contributed by atoms with Crippen LogP contribution in [0.1, 0.15) is 20.8 Å². The van der Waals surface area contributed by atoms with Crippen molar-refractivity contribution in [3.63, 3.8) is 0 Å². The first-order valence-corrected chi connectivity index (χ1v) is 12.4. The zero-order valence-electron chi connectivity index (χ0n) is 21.1. The van der Waals surface area contributed by atoms with Crippen molar-refractivity contribution in [2.75, 3.05) is 68.9 Å². The topological polar surface area (TPSA) is 66.3 Å². The fourth-order valence-corrected chi connectivity index (χ4v) is 4.49. The van der Waals surface area contributed by atoms with E-state index in [1.807, 2.05) is 38.1 Å². The summed E-state index contributed by atoms with van der Waals surface area (Å²) >= 11 is 0. The van der Waals surface area contributed by atoms with Crippen LogP contribution in [0.5, 0.6) is 5.75 Å². The molecule has 0 aliphatic carbocycles. The van der Waals surface area contributed by atoms with Gasteiger partial charge in [-0.25, -0.2) is 9.98 Å². The van der Waals surface area contributed by atoms with Crippen molar-refractivity contribution < 1.29 is 9.47 Å². The molecule has 0 N–H and O–H groups in total. The number of hydrogen-bond donors (Lipinski definition) is 0. The highest BCUT2D eigenvalue weighted by atomic mass is 16.5. The highest BCUT2D eigenvalue weighted by Crippen LogP contribution is 2.29. The number of hydrogen-bond acceptors (Lipinski definition) is 8. The summed E-state index contributed by atoms with van der Waals surface area (Å²) in [5, 5.41) is 0. The third kappa shape index (κ3) is 6.00. The van der Waals surface area contributed by atoms with Gasteiger partial charge in [-0.05, 0) is 45.2 Å². The van der Waals surface area contributed by atoms with Crippen molar-refractivity contribution in [1.82, 2.24) is 14.9 Å². The van der Waals surface area contributed by atoms with Crippen LogP contribution in [0.2, 0.25) is 0 Å². The second-order valence-corrected chi connectivity index (χ2v) is 8.61. The molecule has 2 aliphatic rings. The summed E-state index contributed by atoms with van der Waals surface area (Å²) in [7, 11) is 0. The average molecular weight is 477 g/mol. The fraction of sp³-hybridized carbons (Fsp3) is 0.444. The van der Waals surface area contributed by atoms with Crippen LogP contribution in [0.4, 0.5) is 11.8 Å². The molecule has 8 nitrogen and oxygen atoms in total. The molecule has 35 heavy (non-hydrogen) atoms. The molecule has 2 aromatic rings. The molecule has 0 radical (unpaired) electrons. The average Bonchev–Trinajstić information content (AvgIpc) is 2.90. The minimum absolute atomic E-state index is 0.630. The van der Waals surface area contributed by atoms with E-state index in [1.165, 1.54) is 0 Å². The number of nitrogens with zero attached hydrogens (tertiary/aromatic N) is 6. The lowest BCUT2D eigenvalue weighted by atomic mass is 10.1. The van der Waals surface area contributed by atoms with Crippen molar-refractivity contribution in [3.8, 4) is 17.0 Å². The Morgan fingerprint density at radius 1 is 1.09 bits per heavy atom. The van der Waals surface area contributed by atoms with Crippen molar-refractivity contribution in [2.24, 2.45) is 4.99 Å². The predicted octanol–water partition coefficient (Wildman–Crippen LogP) is 4.01. The predicted molar refractivity (Wildman–Crippen MR) is 143 cm³/mol. The molecular formula is C27H36N6O2. The molecule has 0 unspecified atom stereocenters. The lowest BCUT2D eigenvalue weighted by Crippen LogP contribution is -2.46. The first kappa shape index (κ1) is 24.7. The number of aromatic nitrogens is 2. The minimum atomic E-state index is 0.630. The Hall–Kier alpha value is -3.39. The van der Waals surface area contributed by atoms with Crippen LogP contribution < -0.4 is 14.5 Å². The van der Waals surface area contributed by atoms with Gasteiger partial charge in [0.25, 0.3) is 0 Å². The third-order valence-electron chi connectivity index (χ3n) is 6.26. The zero-order valence-corrected chi connectivity index (χ0v) is 21.1. The minimum Gasteiger partial charge on any atom is -0.494 e. The van der Waals surface area contributed by atoms with Gasteiger partial charge in [0.05, 0.1) is 25.5 Å². The Kier molecular flexibility index (Phi) is 8.36. The first-order valence-electron chi connectivity index (χ1n) is 12.4. The number of anilines is 2. The summed E-state index contributed by atoms with van der Waals surface area (Å²) in [6.45, 7) is 16.9. The Balaban J connectivity index is 1.62. The van der Waals surface area contributed by atoms with Gasteiger partial charge in [0.15, 0.2) is 0 Å². The van der Waals surface area contributed by atoms with Crippen LogP contribution in [0.25, 0.3) is 11.3 Å². The molecule has 8 heteroatoms. The van der Waals surface area contributed by atoms with E-state index in [0.717, 1.165) is 79.4 Å². The smallest absolute Gasteiger partial charge is 0.228 e. The lowest BCUT2D eigenvalue weighted by Gasteiger charge is -2.37. The number of rotatable bonds is 8. The largest absolute Gasteiger partial charge is 0.494 e. The molecule has 1 aromatic heterocycles. The Morgan fingerprint density at radius 3 is 2.54 bits per heavy atom. The monoisotopic (exact) mass is 476 g/mol. The van der Waals surface area contributed by atoms with Gasteiger partial charge in [-0.3, -0.25) is 0 Å². The van der Waals surface area contributed by atoms with Crippen LogP contribution in [0, 0.1) is 0 Å². The van der Waals surface area contributed by atoms with Gasteiger partial charge < -0.3 is 24.2 Å². The highest BCUT2D eigenvalue weighted by Gasteiger charge is 2.23. The molecule has 2 fully saturated rings.